The summed E-state index contributed by atoms with van der Waals surface area (Å²) in [6, 6.07) is 3.13. The van der Waals surface area contributed by atoms with Gasteiger partial charge in [0.25, 0.3) is 5.91 Å². The van der Waals surface area contributed by atoms with Crippen LogP contribution in [0.4, 0.5) is 0 Å². The quantitative estimate of drug-likeness (QED) is 0.814. The number of carboxylic acid groups (broad SMARTS) is 1. The molecular weight excluding hydrogens is 244 g/mol. The van der Waals surface area contributed by atoms with E-state index in [4.69, 9.17) is 16.7 Å². The van der Waals surface area contributed by atoms with Gasteiger partial charge in [-0.1, -0.05) is 11.6 Å². The molecule has 0 fully saturated rings. The molecule has 1 heterocycles. The van der Waals surface area contributed by atoms with Crippen LogP contribution in [-0.2, 0) is 4.79 Å². The largest absolute Gasteiger partial charge is 0.481 e. The van der Waals surface area contributed by atoms with Crippen molar-refractivity contribution in [3.8, 4) is 0 Å². The Bertz CT molecular complexity index is 406. The first-order valence-corrected chi connectivity index (χ1v) is 5.47. The molecule has 0 saturated heterocycles. The van der Waals surface area contributed by atoms with E-state index in [9.17, 15) is 9.59 Å². The van der Waals surface area contributed by atoms with Crippen LogP contribution in [0.5, 0.6) is 0 Å². The molecule has 1 N–H and O–H groups in total. The number of halogens is 1. The summed E-state index contributed by atoms with van der Waals surface area (Å²) >= 11 is 5.61. The summed E-state index contributed by atoms with van der Waals surface area (Å²) in [6.45, 7) is 0.397. The number of carbonyl (C=O) groups excluding carboxylic acids is 1. The molecule has 17 heavy (non-hydrogen) atoms. The van der Waals surface area contributed by atoms with Crippen molar-refractivity contribution in [1.82, 2.24) is 9.88 Å². The number of carbonyl (C=O) groups is 2. The first kappa shape index (κ1) is 13.4. The molecule has 1 aromatic heterocycles. The molecule has 0 bridgehead atoms. The standard InChI is InChI=1S/C11H13ClN2O3/c1-14(6-2-3-10(15)16)11(17)8-4-5-9(12)13-7-8/h4-5,7H,2-3,6H2,1H3,(H,15,16). The van der Waals surface area contributed by atoms with Crippen LogP contribution in [-0.4, -0.2) is 40.5 Å². The van der Waals surface area contributed by atoms with Crippen molar-refractivity contribution in [3.05, 3.63) is 29.0 Å². The van der Waals surface area contributed by atoms with E-state index in [0.29, 0.717) is 23.7 Å². The van der Waals surface area contributed by atoms with Crippen molar-refractivity contribution in [2.45, 2.75) is 12.8 Å². The van der Waals surface area contributed by atoms with E-state index in [1.807, 2.05) is 0 Å². The van der Waals surface area contributed by atoms with Gasteiger partial charge in [-0.2, -0.15) is 0 Å². The summed E-state index contributed by atoms with van der Waals surface area (Å²) in [4.78, 5) is 27.4. The SMILES string of the molecule is CN(CCCC(=O)O)C(=O)c1ccc(Cl)nc1. The van der Waals surface area contributed by atoms with Gasteiger partial charge in [-0.05, 0) is 18.6 Å². The van der Waals surface area contributed by atoms with Gasteiger partial charge >= 0.3 is 5.97 Å². The lowest BCUT2D eigenvalue weighted by Gasteiger charge is -2.16. The highest BCUT2D eigenvalue weighted by Crippen LogP contribution is 2.08. The zero-order valence-electron chi connectivity index (χ0n) is 9.39. The minimum absolute atomic E-state index is 0.0521. The predicted octanol–water partition coefficient (Wildman–Crippen LogP) is 1.67. The second-order valence-electron chi connectivity index (χ2n) is 3.59. The van der Waals surface area contributed by atoms with Crippen molar-refractivity contribution in [3.63, 3.8) is 0 Å². The number of pyridine rings is 1. The molecule has 0 atom stereocenters. The Morgan fingerprint density at radius 2 is 2.18 bits per heavy atom. The van der Waals surface area contributed by atoms with Crippen molar-refractivity contribution in [1.29, 1.82) is 0 Å². The van der Waals surface area contributed by atoms with Gasteiger partial charge in [0.1, 0.15) is 5.15 Å². The Morgan fingerprint density at radius 3 is 2.71 bits per heavy atom. The molecule has 5 nitrogen and oxygen atoms in total. The minimum Gasteiger partial charge on any atom is -0.481 e. The first-order chi connectivity index (χ1) is 8.00. The fourth-order valence-electron chi connectivity index (χ4n) is 1.29. The van der Waals surface area contributed by atoms with Gasteiger partial charge < -0.3 is 10.0 Å². The Morgan fingerprint density at radius 1 is 1.47 bits per heavy atom. The van der Waals surface area contributed by atoms with Gasteiger partial charge in [0.2, 0.25) is 0 Å². The highest BCUT2D eigenvalue weighted by Gasteiger charge is 2.12. The van der Waals surface area contributed by atoms with Gasteiger partial charge in [0.15, 0.2) is 0 Å². The zero-order chi connectivity index (χ0) is 12.8. The smallest absolute Gasteiger partial charge is 0.303 e. The number of amides is 1. The number of aliphatic carboxylic acids is 1. The van der Waals surface area contributed by atoms with Crippen LogP contribution in [0.2, 0.25) is 5.15 Å². The molecule has 0 aliphatic carbocycles. The molecule has 1 aromatic rings. The Kier molecular flexibility index (Phi) is 4.90. The first-order valence-electron chi connectivity index (χ1n) is 5.09. The van der Waals surface area contributed by atoms with E-state index in [2.05, 4.69) is 4.98 Å². The van der Waals surface area contributed by atoms with Crippen LogP contribution in [0.25, 0.3) is 0 Å². The van der Waals surface area contributed by atoms with Gasteiger partial charge in [0, 0.05) is 26.2 Å². The molecule has 1 amide bonds. The van der Waals surface area contributed by atoms with Gasteiger partial charge in [-0.25, -0.2) is 4.98 Å². The zero-order valence-corrected chi connectivity index (χ0v) is 10.1. The van der Waals surface area contributed by atoms with Crippen LogP contribution < -0.4 is 0 Å². The summed E-state index contributed by atoms with van der Waals surface area (Å²) in [6.07, 6.45) is 1.88. The van der Waals surface area contributed by atoms with E-state index in [1.54, 1.807) is 19.2 Å². The Hall–Kier alpha value is -1.62. The monoisotopic (exact) mass is 256 g/mol. The number of nitrogens with zero attached hydrogens (tertiary/aromatic N) is 2. The maximum absolute atomic E-state index is 11.8. The third kappa shape index (κ3) is 4.40. The lowest BCUT2D eigenvalue weighted by atomic mass is 10.2. The molecule has 6 heteroatoms. The molecular formula is C11H13ClN2O3. The number of rotatable bonds is 5. The average molecular weight is 257 g/mol. The molecule has 0 spiro atoms. The molecule has 0 unspecified atom stereocenters. The Balaban J connectivity index is 2.51. The average Bonchev–Trinajstić information content (AvgIpc) is 2.28. The van der Waals surface area contributed by atoms with Crippen molar-refractivity contribution >= 4 is 23.5 Å². The topological polar surface area (TPSA) is 70.5 Å². The highest BCUT2D eigenvalue weighted by atomic mass is 35.5. The summed E-state index contributed by atoms with van der Waals surface area (Å²) in [5.41, 5.74) is 0.437. The van der Waals surface area contributed by atoms with E-state index in [-0.39, 0.29) is 12.3 Å². The normalized spacial score (nSPS) is 10.0. The molecule has 0 aromatic carbocycles. The predicted molar refractivity (Wildman–Crippen MR) is 63.1 cm³/mol. The molecule has 0 saturated carbocycles. The second kappa shape index (κ2) is 6.20. The van der Waals surface area contributed by atoms with Crippen molar-refractivity contribution < 1.29 is 14.7 Å². The number of hydrogen-bond donors (Lipinski definition) is 1. The van der Waals surface area contributed by atoms with Crippen LogP contribution >= 0.6 is 11.6 Å². The lowest BCUT2D eigenvalue weighted by molar-refractivity contribution is -0.137. The summed E-state index contributed by atoms with van der Waals surface area (Å²) in [5, 5.41) is 8.81. The minimum atomic E-state index is -0.862. The van der Waals surface area contributed by atoms with E-state index in [0.717, 1.165) is 0 Å². The van der Waals surface area contributed by atoms with Crippen LogP contribution in [0.1, 0.15) is 23.2 Å². The summed E-state index contributed by atoms with van der Waals surface area (Å²) < 4.78 is 0. The van der Waals surface area contributed by atoms with E-state index >= 15 is 0 Å². The molecule has 0 aliphatic heterocycles. The molecule has 0 radical (unpaired) electrons. The molecule has 0 aliphatic rings. The fourth-order valence-corrected chi connectivity index (χ4v) is 1.40. The van der Waals surface area contributed by atoms with Crippen LogP contribution in [0.3, 0.4) is 0 Å². The van der Waals surface area contributed by atoms with E-state index < -0.39 is 5.97 Å². The number of carboxylic acids is 1. The highest BCUT2D eigenvalue weighted by molar-refractivity contribution is 6.29. The lowest BCUT2D eigenvalue weighted by Crippen LogP contribution is -2.28. The number of aromatic nitrogens is 1. The van der Waals surface area contributed by atoms with Gasteiger partial charge in [-0.3, -0.25) is 9.59 Å². The maximum Gasteiger partial charge on any atom is 0.303 e. The van der Waals surface area contributed by atoms with Crippen LogP contribution in [0, 0.1) is 0 Å². The Labute approximate surface area is 104 Å². The fraction of sp³-hybridized carbons (Fsp3) is 0.364. The van der Waals surface area contributed by atoms with Gasteiger partial charge in [-0.15, -0.1) is 0 Å². The molecule has 92 valence electrons. The van der Waals surface area contributed by atoms with Crippen LogP contribution in [0.15, 0.2) is 18.3 Å². The molecule has 1 rings (SSSR count). The second-order valence-corrected chi connectivity index (χ2v) is 3.98. The maximum atomic E-state index is 11.8. The van der Waals surface area contributed by atoms with Gasteiger partial charge in [0.05, 0.1) is 5.56 Å². The van der Waals surface area contributed by atoms with E-state index in [1.165, 1.54) is 11.1 Å². The summed E-state index contributed by atoms with van der Waals surface area (Å²) in [5.74, 6) is -1.06. The third-order valence-electron chi connectivity index (χ3n) is 2.21. The third-order valence-corrected chi connectivity index (χ3v) is 2.43. The number of hydrogen-bond acceptors (Lipinski definition) is 3. The van der Waals surface area contributed by atoms with Crippen molar-refractivity contribution in [2.24, 2.45) is 0 Å². The summed E-state index contributed by atoms with van der Waals surface area (Å²) in [7, 11) is 1.62. The van der Waals surface area contributed by atoms with Crippen molar-refractivity contribution in [2.75, 3.05) is 13.6 Å².